The second-order valence-electron chi connectivity index (χ2n) is 4.26. The molecule has 20 heavy (non-hydrogen) atoms. The molecular formula is C10H14N2Na2O6. The monoisotopic (exact) mass is 304 g/mol. The van der Waals surface area contributed by atoms with Crippen molar-refractivity contribution >= 4 is 23.8 Å². The van der Waals surface area contributed by atoms with Crippen molar-refractivity contribution in [1.82, 2.24) is 10.0 Å². The Hall–Kier alpha value is -0.120. The minimum atomic E-state index is -1.23. The summed E-state index contributed by atoms with van der Waals surface area (Å²) >= 11 is 0. The second kappa shape index (κ2) is 7.77. The Labute approximate surface area is 162 Å². The number of hydrogen-bond acceptors (Lipinski definition) is 4. The van der Waals surface area contributed by atoms with Crippen LogP contribution < -0.4 is 59.1 Å². The first-order chi connectivity index (χ1) is 8.43. The van der Waals surface area contributed by atoms with Crippen molar-refractivity contribution < 1.29 is 91.4 Å². The van der Waals surface area contributed by atoms with E-state index in [4.69, 9.17) is 10.2 Å². The van der Waals surface area contributed by atoms with Gasteiger partial charge in [0.15, 0.2) is 12.1 Å². The molecule has 2 saturated heterocycles. The van der Waals surface area contributed by atoms with Crippen molar-refractivity contribution in [2.24, 2.45) is 0 Å². The van der Waals surface area contributed by atoms with E-state index in [9.17, 15) is 19.2 Å². The van der Waals surface area contributed by atoms with Gasteiger partial charge in [-0.2, -0.15) is 0 Å². The van der Waals surface area contributed by atoms with Crippen LogP contribution >= 0.6 is 0 Å². The predicted molar refractivity (Wildman–Crippen MR) is 57.2 cm³/mol. The smallest absolute Gasteiger partial charge is 1.00 e. The van der Waals surface area contributed by atoms with Crippen molar-refractivity contribution in [3.05, 3.63) is 0 Å². The van der Waals surface area contributed by atoms with E-state index in [1.54, 1.807) is 0 Å². The number of hydrazine groups is 1. The van der Waals surface area contributed by atoms with Gasteiger partial charge in [0.1, 0.15) is 0 Å². The molecule has 2 amide bonds. The molecule has 2 atom stereocenters. The summed E-state index contributed by atoms with van der Waals surface area (Å²) in [6.45, 7) is 0. The fourth-order valence-corrected chi connectivity index (χ4v) is 2.34. The first kappa shape index (κ1) is 19.9. The predicted octanol–water partition coefficient (Wildman–Crippen LogP) is -6.71. The van der Waals surface area contributed by atoms with Crippen LogP contribution in [-0.4, -0.2) is 56.1 Å². The number of rotatable bonds is 3. The minimum absolute atomic E-state index is 0. The van der Waals surface area contributed by atoms with E-state index in [-0.39, 0.29) is 87.7 Å². The van der Waals surface area contributed by atoms with Gasteiger partial charge in [-0.15, -0.1) is 0 Å². The minimum Gasteiger partial charge on any atom is -1.00 e. The van der Waals surface area contributed by atoms with Crippen LogP contribution in [-0.2, 0) is 19.2 Å². The van der Waals surface area contributed by atoms with E-state index in [0.717, 1.165) is 10.0 Å². The molecule has 10 heteroatoms. The van der Waals surface area contributed by atoms with Crippen molar-refractivity contribution in [2.75, 3.05) is 0 Å². The number of carboxylic acid groups (broad SMARTS) is 2. The summed E-state index contributed by atoms with van der Waals surface area (Å²) in [5, 5.41) is 19.6. The molecule has 0 aliphatic carbocycles. The van der Waals surface area contributed by atoms with Gasteiger partial charge in [0.25, 0.3) is 0 Å². The Morgan fingerprint density at radius 1 is 0.900 bits per heavy atom. The summed E-state index contributed by atoms with van der Waals surface area (Å²) < 4.78 is 0. The van der Waals surface area contributed by atoms with Crippen LogP contribution in [0, 0.1) is 0 Å². The molecule has 2 aliphatic heterocycles. The van der Waals surface area contributed by atoms with E-state index in [2.05, 4.69) is 0 Å². The van der Waals surface area contributed by atoms with Crippen LogP contribution in [0.3, 0.4) is 0 Å². The molecule has 0 aromatic heterocycles. The van der Waals surface area contributed by atoms with Crippen LogP contribution in [0.15, 0.2) is 0 Å². The number of amides is 2. The van der Waals surface area contributed by atoms with E-state index >= 15 is 0 Å². The molecule has 102 valence electrons. The number of carboxylic acids is 2. The Kier molecular flexibility index (Phi) is 7.72. The summed E-state index contributed by atoms with van der Waals surface area (Å²) in [5.74, 6) is -3.51. The number of aliphatic carboxylic acids is 2. The zero-order chi connectivity index (χ0) is 13.4. The molecule has 8 nitrogen and oxygen atoms in total. The van der Waals surface area contributed by atoms with E-state index in [1.165, 1.54) is 0 Å². The van der Waals surface area contributed by atoms with Crippen LogP contribution in [0.2, 0.25) is 0 Å². The molecule has 2 heterocycles. The first-order valence-corrected chi connectivity index (χ1v) is 5.53. The van der Waals surface area contributed by atoms with Crippen molar-refractivity contribution in [1.29, 1.82) is 0 Å². The van der Waals surface area contributed by atoms with Gasteiger partial charge in [-0.1, -0.05) is 0 Å². The molecule has 2 N–H and O–H groups in total. The SMILES string of the molecule is O=C(O)C1CCC(=O)N1N1C(=O)CCC1C(=O)O.[H-].[H-].[Na+].[Na+]. The summed E-state index contributed by atoms with van der Waals surface area (Å²) in [4.78, 5) is 45.4. The topological polar surface area (TPSA) is 115 Å². The van der Waals surface area contributed by atoms with Gasteiger partial charge >= 0.3 is 71.1 Å². The Morgan fingerprint density at radius 3 is 1.45 bits per heavy atom. The molecule has 0 aromatic carbocycles. The molecule has 0 aromatic rings. The van der Waals surface area contributed by atoms with Gasteiger partial charge in [-0.25, -0.2) is 19.6 Å². The van der Waals surface area contributed by atoms with Crippen molar-refractivity contribution in [3.63, 3.8) is 0 Å². The molecule has 2 rings (SSSR count). The Balaban J connectivity index is -0.000000902. The third-order valence-corrected chi connectivity index (χ3v) is 3.17. The quantitative estimate of drug-likeness (QED) is 0.501. The van der Waals surface area contributed by atoms with E-state index in [0.29, 0.717) is 0 Å². The van der Waals surface area contributed by atoms with Crippen LogP contribution in [0.1, 0.15) is 28.5 Å². The third kappa shape index (κ3) is 3.55. The number of nitrogens with zero attached hydrogens (tertiary/aromatic N) is 2. The van der Waals surface area contributed by atoms with Crippen LogP contribution in [0.4, 0.5) is 0 Å². The Bertz CT molecular complexity index is 413. The van der Waals surface area contributed by atoms with Gasteiger partial charge in [0, 0.05) is 12.8 Å². The van der Waals surface area contributed by atoms with Gasteiger partial charge in [-0.3, -0.25) is 9.59 Å². The molecular weight excluding hydrogens is 290 g/mol. The summed E-state index contributed by atoms with van der Waals surface area (Å²) in [5.41, 5.74) is 0. The average molecular weight is 304 g/mol. The maximum atomic E-state index is 11.7. The van der Waals surface area contributed by atoms with Crippen LogP contribution in [0.5, 0.6) is 0 Å². The summed E-state index contributed by atoms with van der Waals surface area (Å²) in [6, 6.07) is -2.30. The number of carbonyl (C=O) groups excluding carboxylic acids is 2. The molecule has 2 unspecified atom stereocenters. The maximum Gasteiger partial charge on any atom is 1.00 e. The fraction of sp³-hybridized carbons (Fsp3) is 0.600. The van der Waals surface area contributed by atoms with E-state index < -0.39 is 35.8 Å². The molecule has 0 saturated carbocycles. The Morgan fingerprint density at radius 2 is 1.20 bits per heavy atom. The molecule has 0 spiro atoms. The normalized spacial score (nSPS) is 25.2. The molecule has 2 aliphatic rings. The first-order valence-electron chi connectivity index (χ1n) is 5.53. The largest absolute Gasteiger partial charge is 1.00 e. The maximum absolute atomic E-state index is 11.7. The van der Waals surface area contributed by atoms with Gasteiger partial charge < -0.3 is 13.1 Å². The summed E-state index contributed by atoms with van der Waals surface area (Å²) in [7, 11) is 0. The van der Waals surface area contributed by atoms with Gasteiger partial charge in [0.05, 0.1) is 0 Å². The average Bonchev–Trinajstić information content (AvgIpc) is 2.81. The van der Waals surface area contributed by atoms with Gasteiger partial charge in [-0.05, 0) is 12.8 Å². The number of hydrogen-bond donors (Lipinski definition) is 2. The number of carbonyl (C=O) groups is 4. The fourth-order valence-electron chi connectivity index (χ4n) is 2.34. The molecule has 0 bridgehead atoms. The second-order valence-corrected chi connectivity index (χ2v) is 4.26. The third-order valence-electron chi connectivity index (χ3n) is 3.17. The zero-order valence-electron chi connectivity index (χ0n) is 13.4. The zero-order valence-corrected chi connectivity index (χ0v) is 15.4. The molecule has 0 radical (unpaired) electrons. The van der Waals surface area contributed by atoms with Crippen molar-refractivity contribution in [2.45, 2.75) is 37.8 Å². The molecule has 2 fully saturated rings. The van der Waals surface area contributed by atoms with Crippen molar-refractivity contribution in [3.8, 4) is 0 Å². The van der Waals surface area contributed by atoms with Gasteiger partial charge in [0.2, 0.25) is 11.8 Å². The van der Waals surface area contributed by atoms with E-state index in [1.807, 2.05) is 0 Å². The standard InChI is InChI=1S/C10H12N2O6.2Na.2H/c13-7-3-1-5(9(15)16)11(7)12-6(10(17)18)2-4-8(12)14;;;;/h5-6H,1-4H2,(H,15,16)(H,17,18);;;;/q;2*+1;2*-1. The summed E-state index contributed by atoms with van der Waals surface area (Å²) in [6.07, 6.45) is 0.189. The van der Waals surface area contributed by atoms with Crippen LogP contribution in [0.25, 0.3) is 0 Å².